The van der Waals surface area contributed by atoms with Gasteiger partial charge in [-0.3, -0.25) is 4.79 Å². The van der Waals surface area contributed by atoms with E-state index in [4.69, 9.17) is 9.90 Å². The van der Waals surface area contributed by atoms with E-state index < -0.39 is 5.97 Å². The fraction of sp³-hybridized carbons (Fsp3) is 0.450. The van der Waals surface area contributed by atoms with E-state index in [1.54, 1.807) is 0 Å². The molecule has 0 aliphatic heterocycles. The first-order valence-electron chi connectivity index (χ1n) is 8.50. The first-order chi connectivity index (χ1) is 11.5. The van der Waals surface area contributed by atoms with Gasteiger partial charge in [0.05, 0.1) is 6.10 Å². The molecule has 130 valence electrons. The molecule has 4 heteroatoms. The van der Waals surface area contributed by atoms with E-state index >= 15 is 0 Å². The van der Waals surface area contributed by atoms with E-state index in [1.165, 1.54) is 24.0 Å². The average Bonchev–Trinajstić information content (AvgIpc) is 3.14. The Labute approximate surface area is 143 Å². The Kier molecular flexibility index (Phi) is 6.62. The molecule has 0 bridgehead atoms. The number of nitrogens with zero attached hydrogens (tertiary/aromatic N) is 1. The topological polar surface area (TPSA) is 62.5 Å². The van der Waals surface area contributed by atoms with Crippen LogP contribution in [0.25, 0.3) is 0 Å². The number of aliphatic hydroxyl groups excluding tert-OH is 1. The summed E-state index contributed by atoms with van der Waals surface area (Å²) in [4.78, 5) is 9.00. The van der Waals surface area contributed by atoms with Gasteiger partial charge in [-0.15, -0.1) is 0 Å². The first-order valence-corrected chi connectivity index (χ1v) is 8.50. The molecule has 1 aliphatic carbocycles. The van der Waals surface area contributed by atoms with Crippen LogP contribution in [0, 0.1) is 11.8 Å². The molecule has 2 aromatic rings. The number of carboxylic acid groups (broad SMARTS) is 1. The van der Waals surface area contributed by atoms with Crippen LogP contribution in [0.3, 0.4) is 0 Å². The maximum atomic E-state index is 10.1. The quantitative estimate of drug-likeness (QED) is 0.884. The van der Waals surface area contributed by atoms with Crippen LogP contribution < -0.4 is 0 Å². The van der Waals surface area contributed by atoms with Gasteiger partial charge in [-0.05, 0) is 55.4 Å². The number of hydrogen-bond donors (Lipinski definition) is 2. The van der Waals surface area contributed by atoms with Crippen molar-refractivity contribution < 1.29 is 15.0 Å². The summed E-state index contributed by atoms with van der Waals surface area (Å²) in [6.07, 6.45) is 7.36. The van der Waals surface area contributed by atoms with Crippen LogP contribution in [0.2, 0.25) is 0 Å². The molecule has 1 heterocycles. The SMILES string of the molecule is CC(=O)O.C[C@@H](O)[C@@H](CC1Cc2ccccc2C1)Cn1cccc1. The third-order valence-electron chi connectivity index (χ3n) is 4.57. The Balaban J connectivity index is 0.000000471. The highest BCUT2D eigenvalue weighted by atomic mass is 16.4. The fourth-order valence-corrected chi connectivity index (χ4v) is 3.43. The number of carboxylic acids is 1. The number of hydrogen-bond acceptors (Lipinski definition) is 2. The van der Waals surface area contributed by atoms with E-state index in [0.717, 1.165) is 19.9 Å². The van der Waals surface area contributed by atoms with Crippen molar-refractivity contribution in [1.82, 2.24) is 4.57 Å². The van der Waals surface area contributed by atoms with Gasteiger partial charge in [0.1, 0.15) is 0 Å². The van der Waals surface area contributed by atoms with Crippen molar-refractivity contribution in [1.29, 1.82) is 0 Å². The predicted molar refractivity (Wildman–Crippen MR) is 94.9 cm³/mol. The summed E-state index contributed by atoms with van der Waals surface area (Å²) < 4.78 is 2.18. The van der Waals surface area contributed by atoms with Crippen LogP contribution in [0.15, 0.2) is 48.8 Å². The zero-order chi connectivity index (χ0) is 17.5. The van der Waals surface area contributed by atoms with Gasteiger partial charge in [-0.25, -0.2) is 0 Å². The van der Waals surface area contributed by atoms with Crippen LogP contribution in [0.5, 0.6) is 0 Å². The second-order valence-corrected chi connectivity index (χ2v) is 6.68. The van der Waals surface area contributed by atoms with Crippen LogP contribution in [-0.4, -0.2) is 26.9 Å². The van der Waals surface area contributed by atoms with Crippen molar-refractivity contribution in [3.05, 3.63) is 59.9 Å². The van der Waals surface area contributed by atoms with Crippen molar-refractivity contribution in [3.63, 3.8) is 0 Å². The lowest BCUT2D eigenvalue weighted by atomic mass is 9.89. The van der Waals surface area contributed by atoms with Crippen LogP contribution in [-0.2, 0) is 24.2 Å². The molecule has 3 rings (SSSR count). The van der Waals surface area contributed by atoms with E-state index in [0.29, 0.717) is 11.8 Å². The normalized spacial score (nSPS) is 16.0. The number of rotatable bonds is 5. The molecule has 24 heavy (non-hydrogen) atoms. The number of carbonyl (C=O) groups is 1. The smallest absolute Gasteiger partial charge is 0.300 e. The molecule has 0 saturated heterocycles. The zero-order valence-corrected chi connectivity index (χ0v) is 14.4. The van der Waals surface area contributed by atoms with Crippen molar-refractivity contribution in [2.45, 2.75) is 45.8 Å². The standard InChI is InChI=1S/C18H23NO.C2H4O2/c1-14(20)18(13-19-8-4-5-9-19)12-15-10-16-6-2-3-7-17(16)11-15;1-2(3)4/h2-9,14-15,18,20H,10-13H2,1H3;1H3,(H,3,4)/t14-,18+;/m1./s1. The van der Waals surface area contributed by atoms with E-state index in [2.05, 4.69) is 41.2 Å². The molecule has 2 atom stereocenters. The highest BCUT2D eigenvalue weighted by molar-refractivity contribution is 5.62. The number of aliphatic carboxylic acids is 1. The Morgan fingerprint density at radius 2 is 1.67 bits per heavy atom. The van der Waals surface area contributed by atoms with Crippen LogP contribution in [0.1, 0.15) is 31.4 Å². The molecule has 2 N–H and O–H groups in total. The second-order valence-electron chi connectivity index (χ2n) is 6.68. The lowest BCUT2D eigenvalue weighted by molar-refractivity contribution is -0.134. The molecule has 0 fully saturated rings. The van der Waals surface area contributed by atoms with Crippen molar-refractivity contribution >= 4 is 5.97 Å². The first kappa shape index (κ1) is 18.3. The van der Waals surface area contributed by atoms with E-state index in [1.807, 2.05) is 19.1 Å². The molecule has 1 aliphatic rings. The number of benzene rings is 1. The minimum atomic E-state index is -0.833. The molecule has 0 radical (unpaired) electrons. The maximum absolute atomic E-state index is 10.1. The summed E-state index contributed by atoms with van der Waals surface area (Å²) in [5.41, 5.74) is 3.01. The average molecular weight is 329 g/mol. The number of aromatic nitrogens is 1. The monoisotopic (exact) mass is 329 g/mol. The molecule has 1 aromatic heterocycles. The molecular formula is C20H27NO3. The summed E-state index contributed by atoms with van der Waals surface area (Å²) in [5.74, 6) is 0.185. The van der Waals surface area contributed by atoms with Gasteiger partial charge in [0.2, 0.25) is 0 Å². The molecule has 0 amide bonds. The lowest BCUT2D eigenvalue weighted by Crippen LogP contribution is -2.25. The Bertz CT molecular complexity index is 605. The molecule has 0 unspecified atom stereocenters. The minimum Gasteiger partial charge on any atom is -0.481 e. The number of fused-ring (bicyclic) bond motifs is 1. The zero-order valence-electron chi connectivity index (χ0n) is 14.4. The van der Waals surface area contributed by atoms with Gasteiger partial charge >= 0.3 is 0 Å². The lowest BCUT2D eigenvalue weighted by Gasteiger charge is -2.23. The summed E-state index contributed by atoms with van der Waals surface area (Å²) in [5, 5.41) is 17.5. The molecule has 4 nitrogen and oxygen atoms in total. The molecular weight excluding hydrogens is 302 g/mol. The second kappa shape index (κ2) is 8.69. The van der Waals surface area contributed by atoms with E-state index in [9.17, 15) is 5.11 Å². The highest BCUT2D eigenvalue weighted by Gasteiger charge is 2.26. The van der Waals surface area contributed by atoms with Gasteiger partial charge in [-0.1, -0.05) is 24.3 Å². The summed E-state index contributed by atoms with van der Waals surface area (Å²) in [6.45, 7) is 3.92. The van der Waals surface area contributed by atoms with Crippen molar-refractivity contribution in [2.24, 2.45) is 11.8 Å². The van der Waals surface area contributed by atoms with Gasteiger partial charge in [0.25, 0.3) is 5.97 Å². The van der Waals surface area contributed by atoms with Crippen LogP contribution in [0.4, 0.5) is 0 Å². The molecule has 0 spiro atoms. The summed E-state index contributed by atoms with van der Waals surface area (Å²) in [7, 11) is 0. The fourth-order valence-electron chi connectivity index (χ4n) is 3.43. The Morgan fingerprint density at radius 1 is 1.17 bits per heavy atom. The highest BCUT2D eigenvalue weighted by Crippen LogP contribution is 2.32. The Morgan fingerprint density at radius 3 is 2.12 bits per heavy atom. The van der Waals surface area contributed by atoms with Crippen molar-refractivity contribution in [2.75, 3.05) is 0 Å². The van der Waals surface area contributed by atoms with Gasteiger partial charge in [0, 0.05) is 31.8 Å². The van der Waals surface area contributed by atoms with Gasteiger partial charge in [0.15, 0.2) is 0 Å². The molecule has 1 aromatic carbocycles. The van der Waals surface area contributed by atoms with Gasteiger partial charge in [-0.2, -0.15) is 0 Å². The van der Waals surface area contributed by atoms with E-state index in [-0.39, 0.29) is 6.10 Å². The van der Waals surface area contributed by atoms with Crippen molar-refractivity contribution in [3.8, 4) is 0 Å². The predicted octanol–water partition coefficient (Wildman–Crippen LogP) is 3.38. The third kappa shape index (κ3) is 5.53. The maximum Gasteiger partial charge on any atom is 0.300 e. The van der Waals surface area contributed by atoms with Crippen LogP contribution >= 0.6 is 0 Å². The largest absolute Gasteiger partial charge is 0.481 e. The number of aliphatic hydroxyl groups is 1. The summed E-state index contributed by atoms with van der Waals surface area (Å²) in [6, 6.07) is 12.9. The molecule has 0 saturated carbocycles. The Hall–Kier alpha value is -2.07. The minimum absolute atomic E-state index is 0.249. The summed E-state index contributed by atoms with van der Waals surface area (Å²) >= 11 is 0. The van der Waals surface area contributed by atoms with Gasteiger partial charge < -0.3 is 14.8 Å². The third-order valence-corrected chi connectivity index (χ3v) is 4.57.